The molecular weight excluding hydrogens is 518 g/mol. The number of rotatable bonds is 6. The van der Waals surface area contributed by atoms with Crippen LogP contribution in [-0.4, -0.2) is 34.1 Å². The Morgan fingerprint density at radius 1 is 0.810 bits per heavy atom. The summed E-state index contributed by atoms with van der Waals surface area (Å²) in [6.07, 6.45) is -1.53. The first-order valence-corrected chi connectivity index (χ1v) is 9.96. The van der Waals surface area contributed by atoms with Gasteiger partial charge >= 0.3 is 48.7 Å². The second kappa shape index (κ2) is 24.1. The van der Waals surface area contributed by atoms with Crippen molar-refractivity contribution in [1.29, 1.82) is 0 Å². The molecule has 0 rings (SSSR count). The van der Waals surface area contributed by atoms with E-state index in [-0.39, 0.29) is 26.6 Å². The van der Waals surface area contributed by atoms with Crippen LogP contribution in [0, 0.1) is 0 Å². The van der Waals surface area contributed by atoms with Crippen molar-refractivity contribution in [2.45, 2.75) is 25.7 Å². The molecule has 0 heterocycles. The predicted molar refractivity (Wildman–Crippen MR) is 67.1 cm³/mol. The number of nitrogens with two attached hydrogens (primary N) is 2. The van der Waals surface area contributed by atoms with Gasteiger partial charge < -0.3 is 42.3 Å². The summed E-state index contributed by atoms with van der Waals surface area (Å²) in [5, 5.41) is 34.8. The fourth-order valence-electron chi connectivity index (χ4n) is 0.418. The average Bonchev–Trinajstić information content (AvgIpc) is 2.25. The second-order valence-electron chi connectivity index (χ2n) is 2.58. The molecule has 0 aliphatic heterocycles. The topological polar surface area (TPSA) is 222 Å². The first-order chi connectivity index (χ1) is 8.67. The molecule has 0 fully saturated rings. The van der Waals surface area contributed by atoms with Gasteiger partial charge in [-0.1, -0.05) is 0 Å². The van der Waals surface area contributed by atoms with E-state index in [9.17, 15) is 29.4 Å². The Kier molecular flexibility index (Phi) is 36.9. The smallest absolute Gasteiger partial charge is 0.693 e. The minimum atomic E-state index is -1.33. The molecule has 0 radical (unpaired) electrons. The molecule has 6 N–H and O–H groups in total. The van der Waals surface area contributed by atoms with E-state index in [1.165, 1.54) is 0 Å². The van der Waals surface area contributed by atoms with Gasteiger partial charge in [-0.05, 0) is 12.8 Å². The van der Waals surface area contributed by atoms with Crippen LogP contribution in [-0.2, 0) is 35.7 Å². The van der Waals surface area contributed by atoms with Crippen molar-refractivity contribution in [2.24, 2.45) is 0 Å². The van der Waals surface area contributed by atoms with Gasteiger partial charge in [-0.25, -0.2) is 0 Å². The normalized spacial score (nSPS) is 7.52. The summed E-state index contributed by atoms with van der Waals surface area (Å²) in [7, 11) is 9.75. The average molecular weight is 533 g/mol. The van der Waals surface area contributed by atoms with Gasteiger partial charge in [0.05, 0.1) is 12.8 Å². The molecular formula is C8H15Cl2N2O8Pt-3. The molecule has 0 aromatic heterocycles. The van der Waals surface area contributed by atoms with E-state index in [1.807, 2.05) is 0 Å². The minimum absolute atomic E-state index is 0. The molecule has 0 amide bonds. The number of hydrogen-bond donors (Lipinski definition) is 2. The summed E-state index contributed by atoms with van der Waals surface area (Å²) < 4.78 is 0. The van der Waals surface area contributed by atoms with Crippen molar-refractivity contribution >= 4 is 42.7 Å². The number of aliphatic carboxylic acids is 4. The first-order valence-electron chi connectivity index (χ1n) is 4.33. The zero-order valence-electron chi connectivity index (χ0n) is 11.4. The van der Waals surface area contributed by atoms with Gasteiger partial charge in [0.1, 0.15) is 0 Å². The van der Waals surface area contributed by atoms with E-state index in [4.69, 9.17) is 29.0 Å². The summed E-state index contributed by atoms with van der Waals surface area (Å²) >= 11 is -0.472. The van der Waals surface area contributed by atoms with Gasteiger partial charge in [-0.15, -0.1) is 0 Å². The number of hydrogen-bond acceptors (Lipinski definition) is 6. The number of carboxylic acids is 4. The number of carboxylic acid groups (broad SMARTS) is 4. The molecule has 132 valence electrons. The third-order valence-electron chi connectivity index (χ3n) is 1.09. The van der Waals surface area contributed by atoms with Crippen molar-refractivity contribution in [2.75, 3.05) is 0 Å². The predicted octanol–water partition coefficient (Wildman–Crippen LogP) is 0.125. The summed E-state index contributed by atoms with van der Waals surface area (Å²) in [6, 6.07) is 0. The number of carbonyl (C=O) groups is 4. The molecule has 0 saturated heterocycles. The van der Waals surface area contributed by atoms with Crippen LogP contribution < -0.4 is 10.2 Å². The van der Waals surface area contributed by atoms with Gasteiger partial charge in [-0.2, -0.15) is 0 Å². The molecule has 13 heteroatoms. The number of carbonyl (C=O) groups excluding carboxylic acids is 2. The summed E-state index contributed by atoms with van der Waals surface area (Å²) in [5.41, 5.74) is 0. The van der Waals surface area contributed by atoms with Crippen LogP contribution in [0.1, 0.15) is 27.1 Å². The zero-order valence-corrected chi connectivity index (χ0v) is 14.2. The third kappa shape index (κ3) is 67.6. The monoisotopic (exact) mass is 532 g/mol. The van der Waals surface area contributed by atoms with Gasteiger partial charge in [0.25, 0.3) is 0 Å². The molecule has 0 aliphatic carbocycles. The van der Waals surface area contributed by atoms with Crippen LogP contribution in [0.2, 0.25) is 0 Å². The molecule has 0 spiro atoms. The van der Waals surface area contributed by atoms with E-state index in [0.29, 0.717) is 0 Å². The van der Waals surface area contributed by atoms with E-state index in [1.54, 1.807) is 0 Å². The zero-order chi connectivity index (χ0) is 15.8. The SMILES string of the molecule is O=C([O-])CCC(=O)O.O=C([O-])CCC(=O)O.[Cl][Pt][Cl].[H+].[NH2-].[NH2-]. The molecule has 0 saturated carbocycles. The Morgan fingerprint density at radius 3 is 1.05 bits per heavy atom. The molecule has 0 unspecified atom stereocenters. The molecule has 0 aromatic rings. The van der Waals surface area contributed by atoms with Crippen molar-refractivity contribution < 1.29 is 57.5 Å². The van der Waals surface area contributed by atoms with E-state index in [0.717, 1.165) is 0 Å². The maximum absolute atomic E-state index is 9.61. The van der Waals surface area contributed by atoms with E-state index >= 15 is 0 Å². The van der Waals surface area contributed by atoms with Crippen molar-refractivity contribution in [3.63, 3.8) is 0 Å². The quantitative estimate of drug-likeness (QED) is 0.476. The van der Waals surface area contributed by atoms with Gasteiger partial charge in [-0.3, -0.25) is 9.59 Å². The Hall–Kier alpha value is -0.932. The number of halogens is 2. The fourth-order valence-corrected chi connectivity index (χ4v) is 0.418. The maximum atomic E-state index is 9.61. The molecule has 0 bridgehead atoms. The first kappa shape index (κ1) is 32.1. The second-order valence-corrected chi connectivity index (χ2v) is 5.86. The Labute approximate surface area is 138 Å². The summed E-state index contributed by atoms with van der Waals surface area (Å²) in [5.74, 6) is -4.89. The third-order valence-corrected chi connectivity index (χ3v) is 1.09. The maximum Gasteiger partial charge on any atom is 1.00 e. The summed E-state index contributed by atoms with van der Waals surface area (Å²) in [4.78, 5) is 38.3. The molecule has 0 aromatic carbocycles. The summed E-state index contributed by atoms with van der Waals surface area (Å²) in [6.45, 7) is 0. The Bertz CT molecular complexity index is 256. The van der Waals surface area contributed by atoms with Crippen LogP contribution in [0.15, 0.2) is 0 Å². The van der Waals surface area contributed by atoms with Crippen LogP contribution >= 0.6 is 18.8 Å². The largest absolute Gasteiger partial charge is 1.00 e. The molecule has 21 heavy (non-hydrogen) atoms. The minimum Gasteiger partial charge on any atom is -0.693 e. The molecule has 0 atom stereocenters. The van der Waals surface area contributed by atoms with E-state index < -0.39 is 53.2 Å². The molecule has 0 aliphatic rings. The van der Waals surface area contributed by atoms with Gasteiger partial charge in [0.2, 0.25) is 0 Å². The standard InChI is InChI=1S/2C4H6O4.2ClH.2H2N.Pt/c2*5-3(6)1-2-4(7)8;;;;;/h2*1-2H2,(H,5,6)(H,7,8);2*1H;2*1H2;/q;;;;2*-1;+2/p-3. The van der Waals surface area contributed by atoms with Gasteiger partial charge in [0, 0.05) is 11.9 Å². The van der Waals surface area contributed by atoms with Crippen molar-refractivity contribution in [3.05, 3.63) is 12.3 Å². The molecule has 10 nitrogen and oxygen atoms in total. The Morgan fingerprint density at radius 2 is 1.00 bits per heavy atom. The van der Waals surface area contributed by atoms with Crippen molar-refractivity contribution in [1.82, 2.24) is 0 Å². The van der Waals surface area contributed by atoms with Gasteiger partial charge in [0.15, 0.2) is 0 Å². The van der Waals surface area contributed by atoms with Crippen LogP contribution in [0.3, 0.4) is 0 Å². The van der Waals surface area contributed by atoms with Crippen LogP contribution in [0.4, 0.5) is 0 Å². The fraction of sp³-hybridized carbons (Fsp3) is 0.500. The Balaban J connectivity index is -0.0000000442. The van der Waals surface area contributed by atoms with Crippen LogP contribution in [0.5, 0.6) is 0 Å². The van der Waals surface area contributed by atoms with Crippen molar-refractivity contribution in [3.8, 4) is 0 Å². The van der Waals surface area contributed by atoms with E-state index in [2.05, 4.69) is 0 Å². The van der Waals surface area contributed by atoms with Crippen LogP contribution in [0.25, 0.3) is 12.3 Å².